The Morgan fingerprint density at radius 1 is 1.29 bits per heavy atom. The fourth-order valence-electron chi connectivity index (χ4n) is 0.911. The van der Waals surface area contributed by atoms with Crippen LogP contribution >= 0.6 is 0 Å². The van der Waals surface area contributed by atoms with Gasteiger partial charge in [0, 0.05) is 13.5 Å². The average molecular weight is 224 g/mol. The highest BCUT2D eigenvalue weighted by Crippen LogP contribution is 2.00. The van der Waals surface area contributed by atoms with Crippen LogP contribution in [0.25, 0.3) is 0 Å². The van der Waals surface area contributed by atoms with E-state index >= 15 is 0 Å². The van der Waals surface area contributed by atoms with E-state index in [1.807, 2.05) is 0 Å². The van der Waals surface area contributed by atoms with Crippen molar-refractivity contribution in [2.75, 3.05) is 25.2 Å². The molecule has 0 aromatic carbocycles. The molecule has 0 radical (unpaired) electrons. The summed E-state index contributed by atoms with van der Waals surface area (Å²) in [5.74, 6) is -0.834. The predicted molar refractivity (Wildman–Crippen MR) is 52.0 cm³/mol. The van der Waals surface area contributed by atoms with Gasteiger partial charge in [-0.05, 0) is 12.8 Å². The van der Waals surface area contributed by atoms with Crippen LogP contribution in [0.1, 0.15) is 19.3 Å². The lowest BCUT2D eigenvalue weighted by molar-refractivity contribution is -0.137. The van der Waals surface area contributed by atoms with Crippen LogP contribution in [-0.2, 0) is 19.4 Å². The number of carboxylic acids is 1. The van der Waals surface area contributed by atoms with E-state index in [2.05, 4.69) is 4.74 Å². The van der Waals surface area contributed by atoms with E-state index in [0.29, 0.717) is 12.8 Å². The first-order chi connectivity index (χ1) is 6.48. The van der Waals surface area contributed by atoms with Crippen LogP contribution in [0.3, 0.4) is 0 Å². The zero-order valence-electron chi connectivity index (χ0n) is 8.23. The molecule has 6 heteroatoms. The number of aliphatic carboxylic acids is 1. The molecule has 5 nitrogen and oxygen atoms in total. The van der Waals surface area contributed by atoms with Crippen molar-refractivity contribution < 1.29 is 23.1 Å². The van der Waals surface area contributed by atoms with Gasteiger partial charge in [-0.2, -0.15) is 0 Å². The standard InChI is InChI=1S/C8H16O5S/c1-13-5-7-14(11,12)6-3-2-4-8(9)10/h2-7H2,1H3,(H,9,10). The highest BCUT2D eigenvalue weighted by Gasteiger charge is 2.10. The molecule has 84 valence electrons. The zero-order chi connectivity index (χ0) is 11.0. The van der Waals surface area contributed by atoms with Crippen LogP contribution in [0.2, 0.25) is 0 Å². The Balaban J connectivity index is 3.61. The van der Waals surface area contributed by atoms with Crippen molar-refractivity contribution in [2.45, 2.75) is 19.3 Å². The maximum atomic E-state index is 11.2. The lowest BCUT2D eigenvalue weighted by Gasteiger charge is -2.02. The minimum atomic E-state index is -3.06. The SMILES string of the molecule is COCCS(=O)(=O)CCCCC(=O)O. The van der Waals surface area contributed by atoms with Gasteiger partial charge in [-0.25, -0.2) is 8.42 Å². The van der Waals surface area contributed by atoms with Gasteiger partial charge in [0.05, 0.1) is 18.1 Å². The molecule has 14 heavy (non-hydrogen) atoms. The Hall–Kier alpha value is -0.620. The third-order valence-electron chi connectivity index (χ3n) is 1.69. The summed E-state index contributed by atoms with van der Waals surface area (Å²) in [4.78, 5) is 10.1. The molecule has 0 bridgehead atoms. The van der Waals surface area contributed by atoms with Gasteiger partial charge in [-0.3, -0.25) is 4.79 Å². The number of rotatable bonds is 8. The number of carbonyl (C=O) groups is 1. The fraction of sp³-hybridized carbons (Fsp3) is 0.875. The van der Waals surface area contributed by atoms with Gasteiger partial charge in [-0.15, -0.1) is 0 Å². The molecule has 0 aromatic heterocycles. The van der Waals surface area contributed by atoms with E-state index in [0.717, 1.165) is 0 Å². The maximum absolute atomic E-state index is 11.2. The smallest absolute Gasteiger partial charge is 0.303 e. The summed E-state index contributed by atoms with van der Waals surface area (Å²) in [5, 5.41) is 8.31. The van der Waals surface area contributed by atoms with Crippen molar-refractivity contribution in [2.24, 2.45) is 0 Å². The summed E-state index contributed by atoms with van der Waals surface area (Å²) in [6.07, 6.45) is 0.833. The summed E-state index contributed by atoms with van der Waals surface area (Å²) in [5.41, 5.74) is 0. The van der Waals surface area contributed by atoms with E-state index in [9.17, 15) is 13.2 Å². The molecule has 0 saturated carbocycles. The third kappa shape index (κ3) is 8.00. The molecule has 0 spiro atoms. The first-order valence-corrected chi connectivity index (χ1v) is 6.21. The van der Waals surface area contributed by atoms with Gasteiger partial charge in [0.15, 0.2) is 9.84 Å². The fourth-order valence-corrected chi connectivity index (χ4v) is 2.18. The van der Waals surface area contributed by atoms with E-state index in [-0.39, 0.29) is 24.5 Å². The number of carboxylic acid groups (broad SMARTS) is 1. The number of sulfone groups is 1. The van der Waals surface area contributed by atoms with Crippen LogP contribution < -0.4 is 0 Å². The highest BCUT2D eigenvalue weighted by atomic mass is 32.2. The van der Waals surface area contributed by atoms with Crippen molar-refractivity contribution in [1.29, 1.82) is 0 Å². The van der Waals surface area contributed by atoms with Gasteiger partial charge in [0.2, 0.25) is 0 Å². The van der Waals surface area contributed by atoms with Crippen molar-refractivity contribution in [3.05, 3.63) is 0 Å². The van der Waals surface area contributed by atoms with Crippen molar-refractivity contribution >= 4 is 15.8 Å². The molecule has 0 atom stereocenters. The van der Waals surface area contributed by atoms with Gasteiger partial charge >= 0.3 is 5.97 Å². The molecule has 0 aliphatic heterocycles. The number of methoxy groups -OCH3 is 1. The summed E-state index contributed by atoms with van der Waals surface area (Å²) in [7, 11) is -1.62. The monoisotopic (exact) mass is 224 g/mol. The molecule has 0 aromatic rings. The molecule has 0 amide bonds. The molecular weight excluding hydrogens is 208 g/mol. The molecule has 0 saturated heterocycles. The second kappa shape index (κ2) is 6.78. The Labute approximate surface area is 84.0 Å². The van der Waals surface area contributed by atoms with Gasteiger partial charge in [-0.1, -0.05) is 0 Å². The molecular formula is C8H16O5S. The van der Waals surface area contributed by atoms with E-state index in [1.165, 1.54) is 7.11 Å². The molecule has 0 aliphatic rings. The first kappa shape index (κ1) is 13.4. The molecule has 0 heterocycles. The minimum Gasteiger partial charge on any atom is -0.481 e. The second-order valence-electron chi connectivity index (χ2n) is 3.00. The minimum absolute atomic E-state index is 0.0105. The topological polar surface area (TPSA) is 80.7 Å². The lowest BCUT2D eigenvalue weighted by atomic mass is 10.3. The third-order valence-corrected chi connectivity index (χ3v) is 3.39. The van der Waals surface area contributed by atoms with Gasteiger partial charge in [0.25, 0.3) is 0 Å². The van der Waals surface area contributed by atoms with Gasteiger partial charge in [0.1, 0.15) is 0 Å². The number of hydrogen-bond acceptors (Lipinski definition) is 4. The van der Waals surface area contributed by atoms with Crippen LogP contribution in [0, 0.1) is 0 Å². The van der Waals surface area contributed by atoms with Crippen molar-refractivity contribution in [1.82, 2.24) is 0 Å². The predicted octanol–water partition coefficient (Wildman–Crippen LogP) is 0.302. The summed E-state index contributed by atoms with van der Waals surface area (Å²) < 4.78 is 27.1. The first-order valence-electron chi connectivity index (χ1n) is 4.39. The molecule has 0 rings (SSSR count). The quantitative estimate of drug-likeness (QED) is 0.600. The normalized spacial score (nSPS) is 11.5. The van der Waals surface area contributed by atoms with Gasteiger partial charge < -0.3 is 9.84 Å². The number of hydrogen-bond donors (Lipinski definition) is 1. The van der Waals surface area contributed by atoms with Crippen molar-refractivity contribution in [3.63, 3.8) is 0 Å². The largest absolute Gasteiger partial charge is 0.481 e. The molecule has 0 aliphatic carbocycles. The van der Waals surface area contributed by atoms with E-state index < -0.39 is 15.8 Å². The summed E-state index contributed by atoms with van der Waals surface area (Å²) in [6.45, 7) is 0.196. The Morgan fingerprint density at radius 3 is 2.43 bits per heavy atom. The number of unbranched alkanes of at least 4 members (excludes halogenated alkanes) is 1. The maximum Gasteiger partial charge on any atom is 0.303 e. The summed E-state index contributed by atoms with van der Waals surface area (Å²) >= 11 is 0. The van der Waals surface area contributed by atoms with E-state index in [1.54, 1.807) is 0 Å². The van der Waals surface area contributed by atoms with Crippen molar-refractivity contribution in [3.8, 4) is 0 Å². The zero-order valence-corrected chi connectivity index (χ0v) is 9.05. The number of ether oxygens (including phenoxy) is 1. The molecule has 0 unspecified atom stereocenters. The van der Waals surface area contributed by atoms with Crippen LogP contribution in [0.15, 0.2) is 0 Å². The average Bonchev–Trinajstić information content (AvgIpc) is 2.09. The van der Waals surface area contributed by atoms with Crippen LogP contribution in [-0.4, -0.2) is 44.7 Å². The summed E-state index contributed by atoms with van der Waals surface area (Å²) in [6, 6.07) is 0. The Bertz CT molecular complexity index is 257. The Kier molecular flexibility index (Phi) is 6.48. The van der Waals surface area contributed by atoms with Crippen LogP contribution in [0.4, 0.5) is 0 Å². The van der Waals surface area contributed by atoms with Crippen LogP contribution in [0.5, 0.6) is 0 Å². The second-order valence-corrected chi connectivity index (χ2v) is 5.30. The molecule has 1 N–H and O–H groups in total. The molecule has 0 fully saturated rings. The lowest BCUT2D eigenvalue weighted by Crippen LogP contribution is -2.15. The highest BCUT2D eigenvalue weighted by molar-refractivity contribution is 7.91. The Morgan fingerprint density at radius 2 is 1.93 bits per heavy atom. The van der Waals surface area contributed by atoms with E-state index in [4.69, 9.17) is 5.11 Å².